The van der Waals surface area contributed by atoms with E-state index in [9.17, 15) is 4.79 Å². The number of nitrogens with zero attached hydrogens (tertiary/aromatic N) is 2. The molecule has 0 unspecified atom stereocenters. The summed E-state index contributed by atoms with van der Waals surface area (Å²) in [6.07, 6.45) is 2.30. The van der Waals surface area contributed by atoms with Crippen LogP contribution in [-0.4, -0.2) is 27.8 Å². The Bertz CT molecular complexity index is 441. The van der Waals surface area contributed by atoms with Crippen LogP contribution in [-0.2, 0) is 11.3 Å². The molecule has 0 bridgehead atoms. The highest BCUT2D eigenvalue weighted by molar-refractivity contribution is 7.99. The summed E-state index contributed by atoms with van der Waals surface area (Å²) in [4.78, 5) is 16.3. The highest BCUT2D eigenvalue weighted by Crippen LogP contribution is 2.21. The monoisotopic (exact) mass is 297 g/mol. The molecule has 0 fully saturated rings. The molecule has 4 nitrogen and oxygen atoms in total. The lowest BCUT2D eigenvalue weighted by Crippen LogP contribution is -2.28. The fourth-order valence-electron chi connectivity index (χ4n) is 1.81. The van der Waals surface area contributed by atoms with Crippen molar-refractivity contribution in [3.05, 3.63) is 11.4 Å². The lowest BCUT2D eigenvalue weighted by Gasteiger charge is -2.10. The maximum absolute atomic E-state index is 11.8. The molecular weight excluding hydrogens is 270 g/mol. The van der Waals surface area contributed by atoms with Gasteiger partial charge in [-0.3, -0.25) is 4.79 Å². The molecule has 0 radical (unpaired) electrons. The molecule has 0 aliphatic carbocycles. The molecule has 5 heteroatoms. The minimum absolute atomic E-state index is 0.0871. The minimum atomic E-state index is 0.0871. The van der Waals surface area contributed by atoms with Gasteiger partial charge in [0.05, 0.1) is 11.4 Å². The van der Waals surface area contributed by atoms with E-state index in [1.165, 1.54) is 17.5 Å². The van der Waals surface area contributed by atoms with E-state index in [1.54, 1.807) is 0 Å². The Hall–Kier alpha value is -0.970. The number of amides is 1. The SMILES string of the molecule is CCCCn1c(SCC(=O)NCC(C)C)nc(C)c1C. The lowest BCUT2D eigenvalue weighted by atomic mass is 10.2. The van der Waals surface area contributed by atoms with Gasteiger partial charge in [-0.25, -0.2) is 4.98 Å². The van der Waals surface area contributed by atoms with Crippen LogP contribution in [0, 0.1) is 19.8 Å². The molecule has 1 heterocycles. The van der Waals surface area contributed by atoms with Crippen molar-refractivity contribution in [1.82, 2.24) is 14.9 Å². The molecule has 1 aromatic rings. The molecule has 114 valence electrons. The van der Waals surface area contributed by atoms with Crippen LogP contribution < -0.4 is 5.32 Å². The molecule has 0 aromatic carbocycles. The van der Waals surface area contributed by atoms with Gasteiger partial charge in [0.25, 0.3) is 0 Å². The van der Waals surface area contributed by atoms with E-state index in [1.807, 2.05) is 6.92 Å². The number of imidazole rings is 1. The third-order valence-corrected chi connectivity index (χ3v) is 4.17. The van der Waals surface area contributed by atoms with Gasteiger partial charge in [-0.05, 0) is 26.2 Å². The van der Waals surface area contributed by atoms with E-state index in [0.717, 1.165) is 36.8 Å². The van der Waals surface area contributed by atoms with Gasteiger partial charge in [-0.1, -0.05) is 39.0 Å². The second-order valence-corrected chi connectivity index (χ2v) is 6.50. The molecule has 1 rings (SSSR count). The number of rotatable bonds is 8. The van der Waals surface area contributed by atoms with E-state index < -0.39 is 0 Å². The zero-order valence-electron chi connectivity index (χ0n) is 13.3. The van der Waals surface area contributed by atoms with Crippen LogP contribution in [0.1, 0.15) is 45.0 Å². The number of aromatic nitrogens is 2. The van der Waals surface area contributed by atoms with Gasteiger partial charge in [-0.15, -0.1) is 0 Å². The number of aryl methyl sites for hydroxylation is 1. The van der Waals surface area contributed by atoms with Crippen molar-refractivity contribution in [2.45, 2.75) is 59.2 Å². The van der Waals surface area contributed by atoms with E-state index in [2.05, 4.69) is 42.6 Å². The number of carbonyl (C=O) groups is 1. The Morgan fingerprint density at radius 1 is 1.40 bits per heavy atom. The molecule has 0 aliphatic rings. The van der Waals surface area contributed by atoms with Crippen molar-refractivity contribution in [2.75, 3.05) is 12.3 Å². The molecule has 0 aliphatic heterocycles. The van der Waals surface area contributed by atoms with E-state index >= 15 is 0 Å². The maximum atomic E-state index is 11.8. The molecule has 0 spiro atoms. The number of unbranched alkanes of at least 4 members (excludes halogenated alkanes) is 1. The Labute approximate surface area is 126 Å². The predicted octanol–water partition coefficient (Wildman–Crippen LogP) is 3.16. The highest BCUT2D eigenvalue weighted by atomic mass is 32.2. The van der Waals surface area contributed by atoms with Gasteiger partial charge in [0.2, 0.25) is 5.91 Å². The van der Waals surface area contributed by atoms with Crippen LogP contribution >= 0.6 is 11.8 Å². The van der Waals surface area contributed by atoms with Crippen LogP contribution in [0.25, 0.3) is 0 Å². The van der Waals surface area contributed by atoms with Crippen molar-refractivity contribution in [2.24, 2.45) is 5.92 Å². The summed E-state index contributed by atoms with van der Waals surface area (Å²) in [7, 11) is 0. The first-order valence-electron chi connectivity index (χ1n) is 7.38. The Balaban J connectivity index is 2.58. The summed E-state index contributed by atoms with van der Waals surface area (Å²) in [5.74, 6) is 1.01. The molecule has 0 saturated heterocycles. The molecule has 1 amide bonds. The Morgan fingerprint density at radius 3 is 2.70 bits per heavy atom. The first kappa shape index (κ1) is 17.1. The normalized spacial score (nSPS) is 11.1. The zero-order valence-corrected chi connectivity index (χ0v) is 14.1. The van der Waals surface area contributed by atoms with E-state index in [0.29, 0.717) is 11.7 Å². The van der Waals surface area contributed by atoms with Gasteiger partial charge in [0.1, 0.15) is 0 Å². The quantitative estimate of drug-likeness (QED) is 0.750. The first-order chi connectivity index (χ1) is 9.45. The summed E-state index contributed by atoms with van der Waals surface area (Å²) in [6.45, 7) is 12.2. The standard InChI is InChI=1S/C15H27N3OS/c1-6-7-8-18-13(5)12(4)17-15(18)20-10-14(19)16-9-11(2)3/h11H,6-10H2,1-5H3,(H,16,19). The third-order valence-electron chi connectivity index (χ3n) is 3.20. The van der Waals surface area contributed by atoms with Gasteiger partial charge in [-0.2, -0.15) is 0 Å². The molecule has 0 saturated carbocycles. The second kappa shape index (κ2) is 8.35. The number of hydrogen-bond donors (Lipinski definition) is 1. The Kier molecular flexibility index (Phi) is 7.13. The predicted molar refractivity (Wildman–Crippen MR) is 85.2 cm³/mol. The van der Waals surface area contributed by atoms with Crippen LogP contribution in [0.5, 0.6) is 0 Å². The highest BCUT2D eigenvalue weighted by Gasteiger charge is 2.13. The zero-order chi connectivity index (χ0) is 15.1. The summed E-state index contributed by atoms with van der Waals surface area (Å²) in [5.41, 5.74) is 2.27. The molecular formula is C15H27N3OS. The summed E-state index contributed by atoms with van der Waals surface area (Å²) in [5, 5.41) is 3.91. The maximum Gasteiger partial charge on any atom is 0.230 e. The fraction of sp³-hybridized carbons (Fsp3) is 0.733. The fourth-order valence-corrected chi connectivity index (χ4v) is 2.76. The van der Waals surface area contributed by atoms with E-state index in [-0.39, 0.29) is 5.91 Å². The molecule has 0 atom stereocenters. The van der Waals surface area contributed by atoms with Gasteiger partial charge in [0.15, 0.2) is 5.16 Å². The number of carbonyl (C=O) groups excluding carboxylic acids is 1. The van der Waals surface area contributed by atoms with Crippen LogP contribution in [0.4, 0.5) is 0 Å². The summed E-state index contributed by atoms with van der Waals surface area (Å²) < 4.78 is 2.24. The summed E-state index contributed by atoms with van der Waals surface area (Å²) >= 11 is 1.53. The smallest absolute Gasteiger partial charge is 0.230 e. The lowest BCUT2D eigenvalue weighted by molar-refractivity contribution is -0.118. The number of thioether (sulfide) groups is 1. The van der Waals surface area contributed by atoms with Gasteiger partial charge >= 0.3 is 0 Å². The third kappa shape index (κ3) is 5.19. The minimum Gasteiger partial charge on any atom is -0.355 e. The van der Waals surface area contributed by atoms with Crippen LogP contribution in [0.2, 0.25) is 0 Å². The van der Waals surface area contributed by atoms with Crippen LogP contribution in [0.15, 0.2) is 5.16 Å². The van der Waals surface area contributed by atoms with Crippen molar-refractivity contribution in [3.63, 3.8) is 0 Å². The second-order valence-electron chi connectivity index (χ2n) is 5.56. The van der Waals surface area contributed by atoms with Crippen molar-refractivity contribution < 1.29 is 4.79 Å². The average molecular weight is 297 g/mol. The van der Waals surface area contributed by atoms with Gasteiger partial charge < -0.3 is 9.88 Å². The largest absolute Gasteiger partial charge is 0.355 e. The first-order valence-corrected chi connectivity index (χ1v) is 8.37. The Morgan fingerprint density at radius 2 is 2.10 bits per heavy atom. The van der Waals surface area contributed by atoms with Crippen molar-refractivity contribution in [1.29, 1.82) is 0 Å². The van der Waals surface area contributed by atoms with Crippen molar-refractivity contribution >= 4 is 17.7 Å². The molecule has 20 heavy (non-hydrogen) atoms. The molecule has 1 N–H and O–H groups in total. The number of nitrogens with one attached hydrogen (secondary N) is 1. The number of hydrogen-bond acceptors (Lipinski definition) is 3. The van der Waals surface area contributed by atoms with Gasteiger partial charge in [0, 0.05) is 18.8 Å². The molecule has 1 aromatic heterocycles. The van der Waals surface area contributed by atoms with Crippen LogP contribution in [0.3, 0.4) is 0 Å². The van der Waals surface area contributed by atoms with Crippen molar-refractivity contribution in [3.8, 4) is 0 Å². The average Bonchev–Trinajstić information content (AvgIpc) is 2.67. The van der Waals surface area contributed by atoms with E-state index in [4.69, 9.17) is 0 Å². The summed E-state index contributed by atoms with van der Waals surface area (Å²) in [6, 6.07) is 0. The topological polar surface area (TPSA) is 46.9 Å².